The summed E-state index contributed by atoms with van der Waals surface area (Å²) in [5, 5.41) is 6.87. The van der Waals surface area contributed by atoms with E-state index in [0.29, 0.717) is 10.7 Å². The lowest BCUT2D eigenvalue weighted by atomic mass is 10.1. The van der Waals surface area contributed by atoms with Crippen LogP contribution in [-0.2, 0) is 0 Å². The van der Waals surface area contributed by atoms with Crippen molar-refractivity contribution in [2.75, 3.05) is 0 Å². The maximum Gasteiger partial charge on any atom is 0.264 e. The number of rotatable bonds is 1. The van der Waals surface area contributed by atoms with Gasteiger partial charge in [-0.25, -0.2) is 5.10 Å². The van der Waals surface area contributed by atoms with Gasteiger partial charge in [0.15, 0.2) is 0 Å². The summed E-state index contributed by atoms with van der Waals surface area (Å²) in [5.74, 6) is 0. The summed E-state index contributed by atoms with van der Waals surface area (Å²) in [4.78, 5) is 10.8. The van der Waals surface area contributed by atoms with Gasteiger partial charge in [-0.1, -0.05) is 29.8 Å². The average Bonchev–Trinajstić information content (AvgIpc) is 2.20. The molecule has 14 heavy (non-hydrogen) atoms. The van der Waals surface area contributed by atoms with Crippen molar-refractivity contribution in [3.8, 4) is 11.3 Å². The minimum Gasteiger partial charge on any atom is -0.268 e. The Morgan fingerprint density at radius 3 is 2.57 bits per heavy atom. The molecule has 0 spiro atoms. The van der Waals surface area contributed by atoms with Gasteiger partial charge in [0.2, 0.25) is 0 Å². The molecule has 0 aliphatic rings. The van der Waals surface area contributed by atoms with E-state index in [-0.39, 0.29) is 5.56 Å². The number of benzene rings is 1. The first-order valence-corrected chi connectivity index (χ1v) is 4.46. The Hall–Kier alpha value is -1.61. The standard InChI is InChI=1S/C10H7ClN2O/c11-8-4-2-1-3-7(8)9-5-6-10(14)13-12-9/h1-6H,(H,13,14). The van der Waals surface area contributed by atoms with E-state index in [2.05, 4.69) is 10.2 Å². The number of H-pyrrole nitrogens is 1. The maximum absolute atomic E-state index is 10.8. The fourth-order valence-corrected chi connectivity index (χ4v) is 1.40. The van der Waals surface area contributed by atoms with Crippen molar-refractivity contribution in [3.63, 3.8) is 0 Å². The topological polar surface area (TPSA) is 45.8 Å². The third-order valence-electron chi connectivity index (χ3n) is 1.83. The first kappa shape index (κ1) is 8.97. The van der Waals surface area contributed by atoms with Crippen LogP contribution in [0.15, 0.2) is 41.2 Å². The molecular weight excluding hydrogens is 200 g/mol. The zero-order valence-corrected chi connectivity index (χ0v) is 7.95. The zero-order valence-electron chi connectivity index (χ0n) is 7.20. The molecule has 3 nitrogen and oxygen atoms in total. The fraction of sp³-hybridized carbons (Fsp3) is 0. The van der Waals surface area contributed by atoms with E-state index >= 15 is 0 Å². The van der Waals surface area contributed by atoms with Gasteiger partial charge in [0.05, 0.1) is 10.7 Å². The molecule has 0 saturated heterocycles. The van der Waals surface area contributed by atoms with Gasteiger partial charge in [-0.2, -0.15) is 5.10 Å². The van der Waals surface area contributed by atoms with Crippen LogP contribution in [-0.4, -0.2) is 10.2 Å². The van der Waals surface area contributed by atoms with Crippen molar-refractivity contribution in [1.29, 1.82) is 0 Å². The summed E-state index contributed by atoms with van der Waals surface area (Å²) in [6, 6.07) is 10.4. The van der Waals surface area contributed by atoms with Crippen LogP contribution in [0.5, 0.6) is 0 Å². The molecule has 70 valence electrons. The van der Waals surface area contributed by atoms with E-state index in [4.69, 9.17) is 11.6 Å². The molecule has 1 aromatic heterocycles. The van der Waals surface area contributed by atoms with E-state index in [0.717, 1.165) is 5.56 Å². The summed E-state index contributed by atoms with van der Waals surface area (Å²) < 4.78 is 0. The Morgan fingerprint density at radius 2 is 1.93 bits per heavy atom. The second kappa shape index (κ2) is 3.64. The van der Waals surface area contributed by atoms with Crippen molar-refractivity contribution >= 4 is 11.6 Å². The van der Waals surface area contributed by atoms with Crippen molar-refractivity contribution in [1.82, 2.24) is 10.2 Å². The molecular formula is C10H7ClN2O. The lowest BCUT2D eigenvalue weighted by Crippen LogP contribution is -2.05. The molecule has 0 bridgehead atoms. The predicted molar refractivity (Wildman–Crippen MR) is 55.3 cm³/mol. The number of hydrogen-bond donors (Lipinski definition) is 1. The SMILES string of the molecule is O=c1ccc(-c2ccccc2Cl)n[nH]1. The van der Waals surface area contributed by atoms with E-state index in [1.54, 1.807) is 12.1 Å². The van der Waals surface area contributed by atoms with Crippen molar-refractivity contribution in [3.05, 3.63) is 51.8 Å². The van der Waals surface area contributed by atoms with Crippen LogP contribution in [0.4, 0.5) is 0 Å². The molecule has 1 aromatic carbocycles. The molecule has 0 saturated carbocycles. The molecule has 0 unspecified atom stereocenters. The highest BCUT2D eigenvalue weighted by atomic mass is 35.5. The lowest BCUT2D eigenvalue weighted by Gasteiger charge is -2.00. The highest BCUT2D eigenvalue weighted by Crippen LogP contribution is 2.24. The van der Waals surface area contributed by atoms with Crippen LogP contribution in [0.1, 0.15) is 0 Å². The maximum atomic E-state index is 10.8. The quantitative estimate of drug-likeness (QED) is 0.777. The number of aromatic amines is 1. The molecule has 0 fully saturated rings. The van der Waals surface area contributed by atoms with E-state index in [9.17, 15) is 4.79 Å². The summed E-state index contributed by atoms with van der Waals surface area (Å²) in [7, 11) is 0. The highest BCUT2D eigenvalue weighted by Gasteiger charge is 2.02. The smallest absolute Gasteiger partial charge is 0.264 e. The van der Waals surface area contributed by atoms with Crippen LogP contribution in [0.2, 0.25) is 5.02 Å². The van der Waals surface area contributed by atoms with Gasteiger partial charge in [-0.15, -0.1) is 0 Å². The highest BCUT2D eigenvalue weighted by molar-refractivity contribution is 6.33. The van der Waals surface area contributed by atoms with Crippen LogP contribution in [0, 0.1) is 0 Å². The fourth-order valence-electron chi connectivity index (χ4n) is 1.16. The molecule has 0 amide bonds. The van der Waals surface area contributed by atoms with Crippen LogP contribution in [0.25, 0.3) is 11.3 Å². The van der Waals surface area contributed by atoms with E-state index in [1.165, 1.54) is 6.07 Å². The lowest BCUT2D eigenvalue weighted by molar-refractivity contribution is 0.995. The Kier molecular flexibility index (Phi) is 2.33. The van der Waals surface area contributed by atoms with Crippen LogP contribution in [0.3, 0.4) is 0 Å². The molecule has 4 heteroatoms. The van der Waals surface area contributed by atoms with Gasteiger partial charge in [-0.05, 0) is 12.1 Å². The number of halogens is 1. The zero-order chi connectivity index (χ0) is 9.97. The van der Waals surface area contributed by atoms with E-state index in [1.807, 2.05) is 18.2 Å². The largest absolute Gasteiger partial charge is 0.268 e. The van der Waals surface area contributed by atoms with Crippen LogP contribution >= 0.6 is 11.6 Å². The number of aromatic nitrogens is 2. The van der Waals surface area contributed by atoms with Crippen molar-refractivity contribution in [2.45, 2.75) is 0 Å². The molecule has 0 radical (unpaired) electrons. The number of nitrogens with zero attached hydrogens (tertiary/aromatic N) is 1. The molecule has 1 heterocycles. The molecule has 2 aromatic rings. The van der Waals surface area contributed by atoms with Gasteiger partial charge in [0, 0.05) is 11.6 Å². The van der Waals surface area contributed by atoms with Crippen molar-refractivity contribution < 1.29 is 0 Å². The van der Waals surface area contributed by atoms with Gasteiger partial charge < -0.3 is 0 Å². The molecule has 2 rings (SSSR count). The first-order valence-electron chi connectivity index (χ1n) is 4.08. The molecule has 0 aliphatic carbocycles. The summed E-state index contributed by atoms with van der Waals surface area (Å²) in [5.41, 5.74) is 1.25. The van der Waals surface area contributed by atoms with Gasteiger partial charge >= 0.3 is 0 Å². The number of nitrogens with one attached hydrogen (secondary N) is 1. The monoisotopic (exact) mass is 206 g/mol. The normalized spacial score (nSPS) is 10.1. The van der Waals surface area contributed by atoms with Gasteiger partial charge in [-0.3, -0.25) is 4.79 Å². The first-order chi connectivity index (χ1) is 6.77. The van der Waals surface area contributed by atoms with E-state index < -0.39 is 0 Å². The second-order valence-corrected chi connectivity index (χ2v) is 3.19. The summed E-state index contributed by atoms with van der Waals surface area (Å²) in [6.07, 6.45) is 0. The molecule has 1 N–H and O–H groups in total. The Balaban J connectivity index is 2.55. The average molecular weight is 207 g/mol. The predicted octanol–water partition coefficient (Wildman–Crippen LogP) is 2.09. The van der Waals surface area contributed by atoms with Crippen LogP contribution < -0.4 is 5.56 Å². The Bertz CT molecular complexity index is 487. The summed E-state index contributed by atoms with van der Waals surface area (Å²) >= 11 is 5.97. The Labute approximate surface area is 85.4 Å². The molecule has 0 aliphatic heterocycles. The minimum absolute atomic E-state index is 0.221. The minimum atomic E-state index is -0.221. The Morgan fingerprint density at radius 1 is 1.14 bits per heavy atom. The van der Waals surface area contributed by atoms with Gasteiger partial charge in [0.25, 0.3) is 5.56 Å². The third kappa shape index (κ3) is 1.67. The third-order valence-corrected chi connectivity index (χ3v) is 2.16. The van der Waals surface area contributed by atoms with Crippen molar-refractivity contribution in [2.24, 2.45) is 0 Å². The summed E-state index contributed by atoms with van der Waals surface area (Å²) in [6.45, 7) is 0. The van der Waals surface area contributed by atoms with Gasteiger partial charge in [0.1, 0.15) is 0 Å². The number of hydrogen-bond acceptors (Lipinski definition) is 2. The molecule has 0 atom stereocenters. The second-order valence-electron chi connectivity index (χ2n) is 2.79.